The second-order valence-corrected chi connectivity index (χ2v) is 5.46. The molecule has 3 nitrogen and oxygen atoms in total. The highest BCUT2D eigenvalue weighted by molar-refractivity contribution is 5.33. The number of benzene rings is 1. The molecule has 19 heavy (non-hydrogen) atoms. The van der Waals surface area contributed by atoms with Gasteiger partial charge in [-0.05, 0) is 58.0 Å². The third-order valence-electron chi connectivity index (χ3n) is 3.47. The van der Waals surface area contributed by atoms with Crippen LogP contribution in [0.5, 0.6) is 5.75 Å². The van der Waals surface area contributed by atoms with Crippen molar-refractivity contribution in [3.05, 3.63) is 29.8 Å². The fraction of sp³-hybridized carbons (Fsp3) is 0.625. The van der Waals surface area contributed by atoms with Crippen molar-refractivity contribution in [3.63, 3.8) is 0 Å². The van der Waals surface area contributed by atoms with Gasteiger partial charge in [0.15, 0.2) is 0 Å². The van der Waals surface area contributed by atoms with Crippen molar-refractivity contribution < 1.29 is 9.47 Å². The van der Waals surface area contributed by atoms with Gasteiger partial charge in [0.2, 0.25) is 0 Å². The lowest BCUT2D eigenvalue weighted by molar-refractivity contribution is 0.0676. The summed E-state index contributed by atoms with van der Waals surface area (Å²) >= 11 is 0. The van der Waals surface area contributed by atoms with Crippen molar-refractivity contribution in [1.29, 1.82) is 0 Å². The Kier molecular flexibility index (Phi) is 5.67. The van der Waals surface area contributed by atoms with Crippen molar-refractivity contribution >= 4 is 0 Å². The summed E-state index contributed by atoms with van der Waals surface area (Å²) in [6, 6.07) is 8.37. The summed E-state index contributed by atoms with van der Waals surface area (Å²) in [7, 11) is 4.22. The fourth-order valence-electron chi connectivity index (χ4n) is 2.40. The van der Waals surface area contributed by atoms with E-state index in [0.29, 0.717) is 6.61 Å². The molecule has 1 atom stereocenters. The first-order valence-electron chi connectivity index (χ1n) is 7.23. The number of hydrogen-bond acceptors (Lipinski definition) is 3. The first-order valence-corrected chi connectivity index (χ1v) is 7.23. The number of aryl methyl sites for hydroxylation is 1. The Morgan fingerprint density at radius 1 is 1.32 bits per heavy atom. The summed E-state index contributed by atoms with van der Waals surface area (Å²) in [6.45, 7) is 2.68. The van der Waals surface area contributed by atoms with Crippen molar-refractivity contribution in [2.45, 2.75) is 31.8 Å². The van der Waals surface area contributed by atoms with Crippen LogP contribution in [0.3, 0.4) is 0 Å². The molecule has 0 radical (unpaired) electrons. The highest BCUT2D eigenvalue weighted by Gasteiger charge is 2.16. The number of nitrogens with zero attached hydrogens (tertiary/aromatic N) is 1. The summed E-state index contributed by atoms with van der Waals surface area (Å²) < 4.78 is 11.5. The molecule has 1 aliphatic rings. The zero-order valence-corrected chi connectivity index (χ0v) is 12.1. The smallest absolute Gasteiger partial charge is 0.122 e. The molecule has 1 aromatic rings. The van der Waals surface area contributed by atoms with Crippen molar-refractivity contribution in [2.24, 2.45) is 0 Å². The van der Waals surface area contributed by atoms with Crippen LogP contribution in [0, 0.1) is 0 Å². The van der Waals surface area contributed by atoms with Crippen LogP contribution in [-0.4, -0.2) is 44.9 Å². The van der Waals surface area contributed by atoms with Gasteiger partial charge in [0, 0.05) is 6.61 Å². The predicted octanol–water partition coefficient (Wildman–Crippen LogP) is 2.74. The summed E-state index contributed by atoms with van der Waals surface area (Å²) in [5, 5.41) is 0. The molecular weight excluding hydrogens is 238 g/mol. The molecule has 1 unspecified atom stereocenters. The molecule has 106 valence electrons. The minimum Gasteiger partial charge on any atom is -0.491 e. The van der Waals surface area contributed by atoms with Gasteiger partial charge >= 0.3 is 0 Å². The van der Waals surface area contributed by atoms with Crippen LogP contribution in [0.15, 0.2) is 24.3 Å². The maximum Gasteiger partial charge on any atom is 0.122 e. The molecule has 1 heterocycles. The van der Waals surface area contributed by atoms with Gasteiger partial charge < -0.3 is 14.4 Å². The van der Waals surface area contributed by atoms with Crippen LogP contribution in [0.2, 0.25) is 0 Å². The summed E-state index contributed by atoms with van der Waals surface area (Å²) in [4.78, 5) is 2.22. The van der Waals surface area contributed by atoms with Gasteiger partial charge in [0.05, 0.1) is 6.10 Å². The van der Waals surface area contributed by atoms with E-state index in [1.807, 2.05) is 6.07 Å². The Hall–Kier alpha value is -1.06. The maximum atomic E-state index is 5.94. The van der Waals surface area contributed by atoms with Gasteiger partial charge in [0.1, 0.15) is 12.4 Å². The van der Waals surface area contributed by atoms with E-state index in [2.05, 4.69) is 37.2 Å². The molecule has 2 rings (SSSR count). The summed E-state index contributed by atoms with van der Waals surface area (Å²) in [6.07, 6.45) is 4.81. The lowest BCUT2D eigenvalue weighted by Gasteiger charge is -2.15. The highest BCUT2D eigenvalue weighted by Crippen LogP contribution is 2.21. The summed E-state index contributed by atoms with van der Waals surface area (Å²) in [5.41, 5.74) is 1.31. The number of para-hydroxylation sites is 1. The lowest BCUT2D eigenvalue weighted by Crippen LogP contribution is -2.17. The van der Waals surface area contributed by atoms with E-state index in [9.17, 15) is 0 Å². The van der Waals surface area contributed by atoms with E-state index in [0.717, 1.165) is 38.2 Å². The molecule has 0 spiro atoms. The van der Waals surface area contributed by atoms with Crippen LogP contribution >= 0.6 is 0 Å². The molecule has 1 fully saturated rings. The Morgan fingerprint density at radius 2 is 2.16 bits per heavy atom. The molecule has 0 N–H and O–H groups in total. The van der Waals surface area contributed by atoms with Gasteiger partial charge in [0.25, 0.3) is 0 Å². The quantitative estimate of drug-likeness (QED) is 0.755. The number of hydrogen-bond donors (Lipinski definition) is 0. The minimum atomic E-state index is 0.287. The first-order chi connectivity index (χ1) is 9.25. The Bertz CT molecular complexity index is 373. The molecule has 1 saturated heterocycles. The van der Waals surface area contributed by atoms with Crippen molar-refractivity contribution in [1.82, 2.24) is 4.90 Å². The molecule has 0 aromatic heterocycles. The van der Waals surface area contributed by atoms with Gasteiger partial charge in [-0.15, -0.1) is 0 Å². The van der Waals surface area contributed by atoms with Gasteiger partial charge in [-0.2, -0.15) is 0 Å². The molecule has 0 bridgehead atoms. The van der Waals surface area contributed by atoms with Crippen LogP contribution in [0.1, 0.15) is 24.8 Å². The van der Waals surface area contributed by atoms with Crippen molar-refractivity contribution in [2.75, 3.05) is 33.9 Å². The largest absolute Gasteiger partial charge is 0.491 e. The lowest BCUT2D eigenvalue weighted by atomic mass is 10.1. The van der Waals surface area contributed by atoms with Gasteiger partial charge in [-0.3, -0.25) is 0 Å². The van der Waals surface area contributed by atoms with Gasteiger partial charge in [-0.1, -0.05) is 18.2 Å². The molecule has 0 amide bonds. The van der Waals surface area contributed by atoms with E-state index < -0.39 is 0 Å². The van der Waals surface area contributed by atoms with Crippen LogP contribution in [0.4, 0.5) is 0 Å². The van der Waals surface area contributed by atoms with Crippen LogP contribution < -0.4 is 4.74 Å². The predicted molar refractivity (Wildman–Crippen MR) is 77.8 cm³/mol. The highest BCUT2D eigenvalue weighted by atomic mass is 16.5. The Labute approximate surface area is 116 Å². The van der Waals surface area contributed by atoms with E-state index >= 15 is 0 Å². The molecule has 1 aliphatic heterocycles. The van der Waals surface area contributed by atoms with Crippen LogP contribution in [0.25, 0.3) is 0 Å². The normalized spacial score (nSPS) is 19.0. The molecule has 0 aliphatic carbocycles. The Morgan fingerprint density at radius 3 is 2.89 bits per heavy atom. The van der Waals surface area contributed by atoms with Crippen LogP contribution in [-0.2, 0) is 11.2 Å². The van der Waals surface area contributed by atoms with E-state index in [1.54, 1.807) is 0 Å². The third-order valence-corrected chi connectivity index (χ3v) is 3.47. The SMILES string of the molecule is CN(C)CCCc1ccccc1OCC1CCCO1. The number of rotatable bonds is 7. The van der Waals surface area contributed by atoms with E-state index in [-0.39, 0.29) is 6.10 Å². The average Bonchev–Trinajstić information content (AvgIpc) is 2.90. The maximum absolute atomic E-state index is 5.94. The first kappa shape index (κ1) is 14.4. The topological polar surface area (TPSA) is 21.7 Å². The van der Waals surface area contributed by atoms with E-state index in [1.165, 1.54) is 12.0 Å². The second kappa shape index (κ2) is 7.51. The summed E-state index contributed by atoms with van der Waals surface area (Å²) in [5.74, 6) is 1.02. The average molecular weight is 263 g/mol. The third kappa shape index (κ3) is 4.84. The molecule has 1 aromatic carbocycles. The molecular formula is C16H25NO2. The zero-order valence-electron chi connectivity index (χ0n) is 12.1. The second-order valence-electron chi connectivity index (χ2n) is 5.46. The van der Waals surface area contributed by atoms with E-state index in [4.69, 9.17) is 9.47 Å². The fourth-order valence-corrected chi connectivity index (χ4v) is 2.40. The minimum absolute atomic E-state index is 0.287. The Balaban J connectivity index is 1.84. The monoisotopic (exact) mass is 263 g/mol. The number of ether oxygens (including phenoxy) is 2. The van der Waals surface area contributed by atoms with Gasteiger partial charge in [-0.25, -0.2) is 0 Å². The zero-order chi connectivity index (χ0) is 13.5. The van der Waals surface area contributed by atoms with Crippen molar-refractivity contribution in [3.8, 4) is 5.75 Å². The standard InChI is InChI=1S/C16H25NO2/c1-17(2)11-5-8-14-7-3-4-10-16(14)19-13-15-9-6-12-18-15/h3-4,7,10,15H,5-6,8-9,11-13H2,1-2H3. The molecule has 3 heteroatoms. The molecule has 0 saturated carbocycles.